The lowest BCUT2D eigenvalue weighted by atomic mass is 10.1. The summed E-state index contributed by atoms with van der Waals surface area (Å²) in [4.78, 5) is 62.7. The molecule has 2 aliphatic rings. The molecule has 0 radical (unpaired) electrons. The van der Waals surface area contributed by atoms with Gasteiger partial charge in [0.05, 0.1) is 0 Å². The maximum atomic E-state index is 13.6. The van der Waals surface area contributed by atoms with E-state index >= 15 is 0 Å². The molecule has 2 heterocycles. The van der Waals surface area contributed by atoms with Crippen molar-refractivity contribution in [3.8, 4) is 17.3 Å². The Morgan fingerprint density at radius 3 is 2.26 bits per heavy atom. The van der Waals surface area contributed by atoms with Crippen LogP contribution in [0.2, 0.25) is 0 Å². The van der Waals surface area contributed by atoms with Gasteiger partial charge in [0.15, 0.2) is 5.82 Å². The molecule has 1 atom stereocenters. The van der Waals surface area contributed by atoms with E-state index in [2.05, 4.69) is 15.3 Å². The minimum atomic E-state index is -1.06. The minimum Gasteiger partial charge on any atom is -0.474 e. The van der Waals surface area contributed by atoms with Crippen LogP contribution in [-0.4, -0.2) is 92.7 Å². The largest absolute Gasteiger partial charge is 0.474 e. The second-order valence-corrected chi connectivity index (χ2v) is 11.6. The highest BCUT2D eigenvalue weighted by atomic mass is 16.6. The van der Waals surface area contributed by atoms with E-state index in [0.29, 0.717) is 11.4 Å². The number of piperazine rings is 1. The Bertz CT molecular complexity index is 1270. The summed E-state index contributed by atoms with van der Waals surface area (Å²) < 4.78 is 11.5. The topological polar surface area (TPSA) is 151 Å². The summed E-state index contributed by atoms with van der Waals surface area (Å²) in [6, 6.07) is 9.64. The lowest BCUT2D eigenvalue weighted by Gasteiger charge is -2.35. The Morgan fingerprint density at radius 1 is 1.00 bits per heavy atom. The third-order valence-electron chi connectivity index (χ3n) is 7.08. The number of ether oxygens (including phenoxy) is 2. The number of aromatic nitrogens is 2. The molecule has 1 aliphatic carbocycles. The Morgan fingerprint density at radius 2 is 1.64 bits per heavy atom. The van der Waals surface area contributed by atoms with Gasteiger partial charge in [-0.3, -0.25) is 14.4 Å². The van der Waals surface area contributed by atoms with Crippen LogP contribution in [0.5, 0.6) is 5.88 Å². The molecule has 1 saturated heterocycles. The second kappa shape index (κ2) is 13.6. The molecule has 1 aromatic carbocycles. The molecular formula is C30H39N5O7. The molecule has 0 spiro atoms. The first-order valence-electron chi connectivity index (χ1n) is 14.4. The van der Waals surface area contributed by atoms with E-state index in [1.807, 2.05) is 30.3 Å². The van der Waals surface area contributed by atoms with Gasteiger partial charge in [0.25, 0.3) is 5.91 Å². The van der Waals surface area contributed by atoms with E-state index < -0.39 is 35.5 Å². The van der Waals surface area contributed by atoms with Crippen LogP contribution >= 0.6 is 0 Å². The summed E-state index contributed by atoms with van der Waals surface area (Å²) >= 11 is 0. The highest BCUT2D eigenvalue weighted by Gasteiger charge is 2.32. The van der Waals surface area contributed by atoms with E-state index in [-0.39, 0.29) is 56.7 Å². The van der Waals surface area contributed by atoms with Crippen molar-refractivity contribution in [2.45, 2.75) is 77.0 Å². The van der Waals surface area contributed by atoms with Crippen molar-refractivity contribution in [2.24, 2.45) is 0 Å². The predicted molar refractivity (Wildman–Crippen MR) is 153 cm³/mol. The molecule has 12 heteroatoms. The fourth-order valence-corrected chi connectivity index (χ4v) is 4.98. The summed E-state index contributed by atoms with van der Waals surface area (Å²) in [5.74, 6) is -0.917. The highest BCUT2D eigenvalue weighted by molar-refractivity contribution is 5.96. The molecule has 0 bridgehead atoms. The van der Waals surface area contributed by atoms with Crippen LogP contribution in [-0.2, 0) is 14.3 Å². The van der Waals surface area contributed by atoms with Crippen molar-refractivity contribution >= 4 is 23.9 Å². The van der Waals surface area contributed by atoms with Crippen LogP contribution in [0.4, 0.5) is 4.79 Å². The Balaban J connectivity index is 1.55. The molecule has 12 nitrogen and oxygen atoms in total. The smallest absolute Gasteiger partial charge is 0.407 e. The zero-order valence-electron chi connectivity index (χ0n) is 24.4. The van der Waals surface area contributed by atoms with Crippen LogP contribution in [0.1, 0.15) is 69.8 Å². The molecule has 4 rings (SSSR count). The summed E-state index contributed by atoms with van der Waals surface area (Å²) in [5, 5.41) is 12.0. The summed E-state index contributed by atoms with van der Waals surface area (Å²) in [5.41, 5.74) is 0.0391. The standard InChI is InChI=1S/C30H39N5O7/c1-30(2,3)42-25(36)14-13-22(28(38)34-15-17-35(18-16-34)29(39)40)32-27(37)23-19-24(41-21-11-7-8-12-21)33-26(31-23)20-9-5-4-6-10-20/h4-6,9-10,19,21-22H,7-8,11-18H2,1-3H3,(H,32,37)(H,39,40). The number of carboxylic acid groups (broad SMARTS) is 1. The summed E-state index contributed by atoms with van der Waals surface area (Å²) in [7, 11) is 0. The average molecular weight is 582 g/mol. The summed E-state index contributed by atoms with van der Waals surface area (Å²) in [6.45, 7) is 5.92. The van der Waals surface area contributed by atoms with Gasteiger partial charge in [0, 0.05) is 44.2 Å². The van der Waals surface area contributed by atoms with Crippen molar-refractivity contribution in [3.63, 3.8) is 0 Å². The van der Waals surface area contributed by atoms with Gasteiger partial charge < -0.3 is 29.7 Å². The van der Waals surface area contributed by atoms with Gasteiger partial charge in [-0.2, -0.15) is 4.98 Å². The van der Waals surface area contributed by atoms with Gasteiger partial charge in [0.1, 0.15) is 23.4 Å². The highest BCUT2D eigenvalue weighted by Crippen LogP contribution is 2.25. The molecule has 2 aromatic rings. The summed E-state index contributed by atoms with van der Waals surface area (Å²) in [6.07, 6.45) is 2.80. The van der Waals surface area contributed by atoms with Crippen molar-refractivity contribution in [1.82, 2.24) is 25.1 Å². The van der Waals surface area contributed by atoms with Crippen LogP contribution in [0.25, 0.3) is 11.4 Å². The molecule has 1 aromatic heterocycles. The molecule has 1 saturated carbocycles. The fourth-order valence-electron chi connectivity index (χ4n) is 4.98. The number of carbonyl (C=O) groups is 4. The fraction of sp³-hybridized carbons (Fsp3) is 0.533. The molecule has 226 valence electrons. The number of esters is 1. The SMILES string of the molecule is CC(C)(C)OC(=O)CCC(NC(=O)c1cc(OC2CCCC2)nc(-c2ccccc2)n1)C(=O)N1CCN(C(=O)O)CC1. The van der Waals surface area contributed by atoms with E-state index in [9.17, 15) is 24.3 Å². The number of hydrogen-bond donors (Lipinski definition) is 2. The van der Waals surface area contributed by atoms with Gasteiger partial charge in [-0.15, -0.1) is 0 Å². The molecule has 1 aliphatic heterocycles. The van der Waals surface area contributed by atoms with Crippen molar-refractivity contribution in [2.75, 3.05) is 26.2 Å². The zero-order valence-corrected chi connectivity index (χ0v) is 24.4. The number of amides is 3. The molecule has 2 N–H and O–H groups in total. The molecular weight excluding hydrogens is 542 g/mol. The van der Waals surface area contributed by atoms with Crippen molar-refractivity contribution < 1.29 is 33.8 Å². The van der Waals surface area contributed by atoms with E-state index in [4.69, 9.17) is 9.47 Å². The Kier molecular flexibility index (Phi) is 9.97. The maximum absolute atomic E-state index is 13.6. The first-order valence-corrected chi connectivity index (χ1v) is 14.4. The lowest BCUT2D eigenvalue weighted by Crippen LogP contribution is -2.55. The number of nitrogens with one attached hydrogen (secondary N) is 1. The van der Waals surface area contributed by atoms with Crippen LogP contribution in [0, 0.1) is 0 Å². The first-order chi connectivity index (χ1) is 20.0. The number of rotatable bonds is 9. The normalized spacial score (nSPS) is 16.5. The van der Waals surface area contributed by atoms with E-state index in [1.54, 1.807) is 20.8 Å². The average Bonchev–Trinajstić information content (AvgIpc) is 3.47. The van der Waals surface area contributed by atoms with Crippen molar-refractivity contribution in [3.05, 3.63) is 42.1 Å². The second-order valence-electron chi connectivity index (χ2n) is 11.6. The monoisotopic (exact) mass is 581 g/mol. The van der Waals surface area contributed by atoms with E-state index in [0.717, 1.165) is 25.7 Å². The zero-order chi connectivity index (χ0) is 30.3. The van der Waals surface area contributed by atoms with Gasteiger partial charge in [-0.25, -0.2) is 9.78 Å². The first kappa shape index (κ1) is 30.7. The minimum absolute atomic E-state index is 0.000683. The number of benzene rings is 1. The van der Waals surface area contributed by atoms with Crippen LogP contribution < -0.4 is 10.1 Å². The lowest BCUT2D eigenvalue weighted by molar-refractivity contribution is -0.155. The third kappa shape index (κ3) is 8.64. The van der Waals surface area contributed by atoms with E-state index in [1.165, 1.54) is 15.9 Å². The third-order valence-corrected chi connectivity index (χ3v) is 7.08. The van der Waals surface area contributed by atoms with Crippen LogP contribution in [0.3, 0.4) is 0 Å². The molecule has 3 amide bonds. The molecule has 2 fully saturated rings. The Hall–Kier alpha value is -4.22. The molecule has 42 heavy (non-hydrogen) atoms. The van der Waals surface area contributed by atoms with Gasteiger partial charge >= 0.3 is 12.1 Å². The molecule has 1 unspecified atom stereocenters. The van der Waals surface area contributed by atoms with Gasteiger partial charge in [-0.1, -0.05) is 30.3 Å². The predicted octanol–water partition coefficient (Wildman–Crippen LogP) is 3.51. The van der Waals surface area contributed by atoms with Gasteiger partial charge in [0.2, 0.25) is 11.8 Å². The maximum Gasteiger partial charge on any atom is 0.407 e. The quantitative estimate of drug-likeness (QED) is 0.424. The number of nitrogens with zero attached hydrogens (tertiary/aromatic N) is 4. The number of hydrogen-bond acceptors (Lipinski definition) is 8. The Labute approximate surface area is 245 Å². The van der Waals surface area contributed by atoms with Crippen LogP contribution in [0.15, 0.2) is 36.4 Å². The van der Waals surface area contributed by atoms with Crippen molar-refractivity contribution in [1.29, 1.82) is 0 Å². The van der Waals surface area contributed by atoms with Gasteiger partial charge in [-0.05, 0) is 52.9 Å². The number of carbonyl (C=O) groups excluding carboxylic acids is 3.